The molecule has 0 bridgehead atoms. The van der Waals surface area contributed by atoms with Crippen LogP contribution in [0, 0.1) is 18.3 Å². The summed E-state index contributed by atoms with van der Waals surface area (Å²) >= 11 is 7.35. The quantitative estimate of drug-likeness (QED) is 0.380. The molecule has 2 amide bonds. The molecule has 1 aliphatic heterocycles. The molecular formula is C26H20ClN3O2S. The highest BCUT2D eigenvalue weighted by Crippen LogP contribution is 2.42. The van der Waals surface area contributed by atoms with Crippen molar-refractivity contribution in [3.8, 4) is 6.07 Å². The van der Waals surface area contributed by atoms with Crippen LogP contribution in [0.4, 0.5) is 11.4 Å². The molecule has 0 unspecified atom stereocenters. The minimum Gasteiger partial charge on any atom is -0.321 e. The Bertz CT molecular complexity index is 1270. The molecule has 1 aliphatic rings. The van der Waals surface area contributed by atoms with Gasteiger partial charge in [-0.05, 0) is 55.3 Å². The van der Waals surface area contributed by atoms with Gasteiger partial charge in [0.1, 0.15) is 16.7 Å². The topological polar surface area (TPSA) is 73.2 Å². The maximum atomic E-state index is 13.5. The van der Waals surface area contributed by atoms with Gasteiger partial charge in [0.2, 0.25) is 5.91 Å². The highest BCUT2D eigenvalue weighted by atomic mass is 35.5. The van der Waals surface area contributed by atoms with Crippen LogP contribution in [0.2, 0.25) is 5.02 Å². The second-order valence-corrected chi connectivity index (χ2v) is 9.19. The average molecular weight is 474 g/mol. The highest BCUT2D eigenvalue weighted by molar-refractivity contribution is 8.05. The smallest absolute Gasteiger partial charge is 0.269 e. The lowest BCUT2D eigenvalue weighted by Crippen LogP contribution is -2.30. The first-order valence-corrected chi connectivity index (χ1v) is 11.5. The second kappa shape index (κ2) is 9.95. The van der Waals surface area contributed by atoms with Crippen molar-refractivity contribution in [1.29, 1.82) is 5.26 Å². The SMILES string of the molecule is Cc1ccc(N2C(=O)[C@@H](Cc3cccc(Cl)c3)S/C2=C(\C#N)C(=O)Nc2ccccc2)cc1. The number of rotatable bonds is 5. The molecule has 33 heavy (non-hydrogen) atoms. The van der Waals surface area contributed by atoms with Gasteiger partial charge in [-0.2, -0.15) is 5.26 Å². The first-order chi connectivity index (χ1) is 16.0. The Morgan fingerprint density at radius 1 is 1.09 bits per heavy atom. The van der Waals surface area contributed by atoms with Crippen LogP contribution in [0.15, 0.2) is 89.5 Å². The summed E-state index contributed by atoms with van der Waals surface area (Å²) in [5, 5.41) is 13.1. The molecule has 164 valence electrons. The van der Waals surface area contributed by atoms with Gasteiger partial charge in [0, 0.05) is 16.4 Å². The Kier molecular flexibility index (Phi) is 6.83. The molecule has 4 rings (SSSR count). The fourth-order valence-electron chi connectivity index (χ4n) is 3.51. The number of para-hydroxylation sites is 1. The van der Waals surface area contributed by atoms with Crippen LogP contribution in [0.3, 0.4) is 0 Å². The van der Waals surface area contributed by atoms with E-state index >= 15 is 0 Å². The maximum absolute atomic E-state index is 13.5. The summed E-state index contributed by atoms with van der Waals surface area (Å²) in [5.41, 5.74) is 3.03. The summed E-state index contributed by atoms with van der Waals surface area (Å²) in [6.45, 7) is 1.96. The highest BCUT2D eigenvalue weighted by Gasteiger charge is 2.40. The number of carbonyl (C=O) groups excluding carboxylic acids is 2. The van der Waals surface area contributed by atoms with Gasteiger partial charge in [0.25, 0.3) is 5.91 Å². The van der Waals surface area contributed by atoms with Gasteiger partial charge in [-0.15, -0.1) is 0 Å². The van der Waals surface area contributed by atoms with Crippen molar-refractivity contribution in [2.75, 3.05) is 10.2 Å². The monoisotopic (exact) mass is 473 g/mol. The molecule has 7 heteroatoms. The van der Waals surface area contributed by atoms with Crippen LogP contribution in [0.1, 0.15) is 11.1 Å². The number of nitriles is 1. The van der Waals surface area contributed by atoms with E-state index in [4.69, 9.17) is 11.6 Å². The molecule has 0 aromatic heterocycles. The summed E-state index contributed by atoms with van der Waals surface area (Å²) in [4.78, 5) is 28.0. The molecule has 1 heterocycles. The minimum absolute atomic E-state index is 0.105. The van der Waals surface area contributed by atoms with Crippen molar-refractivity contribution in [2.24, 2.45) is 0 Å². The number of anilines is 2. The zero-order valence-corrected chi connectivity index (χ0v) is 19.4. The number of thioether (sulfide) groups is 1. The molecule has 1 atom stereocenters. The van der Waals surface area contributed by atoms with E-state index in [2.05, 4.69) is 5.32 Å². The predicted molar refractivity (Wildman–Crippen MR) is 133 cm³/mol. The molecule has 5 nitrogen and oxygen atoms in total. The molecule has 0 saturated carbocycles. The van der Waals surface area contributed by atoms with E-state index in [0.29, 0.717) is 27.8 Å². The predicted octanol–water partition coefficient (Wildman–Crippen LogP) is 5.71. The van der Waals surface area contributed by atoms with E-state index in [1.54, 1.807) is 30.3 Å². The minimum atomic E-state index is -0.556. The van der Waals surface area contributed by atoms with E-state index in [9.17, 15) is 14.9 Å². The average Bonchev–Trinajstić information content (AvgIpc) is 3.11. The number of amides is 2. The molecule has 3 aromatic rings. The lowest BCUT2D eigenvalue weighted by atomic mass is 10.1. The van der Waals surface area contributed by atoms with Gasteiger partial charge < -0.3 is 5.32 Å². The Morgan fingerprint density at radius 2 is 1.82 bits per heavy atom. The third-order valence-corrected chi connectivity index (χ3v) is 6.64. The van der Waals surface area contributed by atoms with Crippen LogP contribution in [-0.2, 0) is 16.0 Å². The maximum Gasteiger partial charge on any atom is 0.269 e. The molecule has 3 aromatic carbocycles. The first-order valence-electron chi connectivity index (χ1n) is 10.3. The Morgan fingerprint density at radius 3 is 2.48 bits per heavy atom. The van der Waals surface area contributed by atoms with Crippen molar-refractivity contribution in [3.05, 3.63) is 106 Å². The van der Waals surface area contributed by atoms with Crippen molar-refractivity contribution >= 4 is 46.6 Å². The number of carbonyl (C=O) groups is 2. The summed E-state index contributed by atoms with van der Waals surface area (Å²) in [5.74, 6) is -0.737. The normalized spacial score (nSPS) is 16.9. The van der Waals surface area contributed by atoms with Crippen LogP contribution < -0.4 is 10.2 Å². The molecule has 1 saturated heterocycles. The van der Waals surface area contributed by atoms with E-state index in [0.717, 1.165) is 11.1 Å². The van der Waals surface area contributed by atoms with Crippen LogP contribution in [0.5, 0.6) is 0 Å². The summed E-state index contributed by atoms with van der Waals surface area (Å²) in [6.07, 6.45) is 0.426. The number of nitrogens with zero attached hydrogens (tertiary/aromatic N) is 2. The lowest BCUT2D eigenvalue weighted by Gasteiger charge is -2.19. The Labute approximate surface area is 201 Å². The number of halogens is 1. The van der Waals surface area contributed by atoms with Gasteiger partial charge in [0.15, 0.2) is 0 Å². The summed E-state index contributed by atoms with van der Waals surface area (Å²) in [7, 11) is 0. The van der Waals surface area contributed by atoms with Crippen molar-refractivity contribution in [1.82, 2.24) is 0 Å². The number of hydrogen-bond acceptors (Lipinski definition) is 4. The van der Waals surface area contributed by atoms with E-state index < -0.39 is 11.2 Å². The fraction of sp³-hybridized carbons (Fsp3) is 0.115. The molecule has 0 aliphatic carbocycles. The largest absolute Gasteiger partial charge is 0.321 e. The van der Waals surface area contributed by atoms with Gasteiger partial charge in [-0.3, -0.25) is 14.5 Å². The summed E-state index contributed by atoms with van der Waals surface area (Å²) < 4.78 is 0. The van der Waals surface area contributed by atoms with Gasteiger partial charge in [0.05, 0.1) is 5.25 Å². The van der Waals surface area contributed by atoms with E-state index in [-0.39, 0.29) is 11.5 Å². The van der Waals surface area contributed by atoms with Gasteiger partial charge in [-0.25, -0.2) is 0 Å². The zero-order valence-electron chi connectivity index (χ0n) is 17.8. The molecule has 0 spiro atoms. The van der Waals surface area contributed by atoms with Crippen molar-refractivity contribution in [3.63, 3.8) is 0 Å². The fourth-order valence-corrected chi connectivity index (χ4v) is 5.03. The third-order valence-electron chi connectivity index (χ3n) is 5.14. The third kappa shape index (κ3) is 5.11. The van der Waals surface area contributed by atoms with E-state index in [1.807, 2.05) is 61.5 Å². The molecule has 0 radical (unpaired) electrons. The summed E-state index contributed by atoms with van der Waals surface area (Å²) in [6, 6.07) is 25.7. The zero-order chi connectivity index (χ0) is 23.4. The van der Waals surface area contributed by atoms with E-state index in [1.165, 1.54) is 16.7 Å². The number of benzene rings is 3. The molecular weight excluding hydrogens is 454 g/mol. The Balaban J connectivity index is 1.73. The van der Waals surface area contributed by atoms with Crippen LogP contribution in [0.25, 0.3) is 0 Å². The number of nitrogens with one attached hydrogen (secondary N) is 1. The van der Waals surface area contributed by atoms with Crippen LogP contribution >= 0.6 is 23.4 Å². The van der Waals surface area contributed by atoms with Gasteiger partial charge >= 0.3 is 0 Å². The standard InChI is InChI=1S/C26H20ClN3O2S/c1-17-10-12-21(13-11-17)30-25(32)23(15-18-6-5-7-19(27)14-18)33-26(30)22(16-28)24(31)29-20-8-3-2-4-9-20/h2-14,23H,15H2,1H3,(H,29,31)/b26-22+/t23-/m1/s1. The van der Waals surface area contributed by atoms with Crippen molar-refractivity contribution < 1.29 is 9.59 Å². The number of aryl methyl sites for hydroxylation is 1. The Hall–Kier alpha value is -3.53. The molecule has 1 fully saturated rings. The van der Waals surface area contributed by atoms with Gasteiger partial charge in [-0.1, -0.05) is 71.4 Å². The van der Waals surface area contributed by atoms with Crippen molar-refractivity contribution in [2.45, 2.75) is 18.6 Å². The molecule has 1 N–H and O–H groups in total. The van der Waals surface area contributed by atoms with Crippen LogP contribution in [-0.4, -0.2) is 17.1 Å². The first kappa shape index (κ1) is 22.7. The number of hydrogen-bond donors (Lipinski definition) is 1. The lowest BCUT2D eigenvalue weighted by molar-refractivity contribution is -0.117. The second-order valence-electron chi connectivity index (χ2n) is 7.56.